The topological polar surface area (TPSA) is 39.6 Å². The summed E-state index contributed by atoms with van der Waals surface area (Å²) in [5, 5.41) is 9.42. The van der Waals surface area contributed by atoms with E-state index in [1.165, 1.54) is 0 Å². The molecule has 0 unspecified atom stereocenters. The Morgan fingerprint density at radius 3 is 2.27 bits per heavy atom. The predicted molar refractivity (Wildman–Crippen MR) is 94.9 cm³/mol. The van der Waals surface area contributed by atoms with Crippen LogP contribution in [0.25, 0.3) is 22.5 Å². The van der Waals surface area contributed by atoms with Gasteiger partial charge < -0.3 is 4.98 Å². The van der Waals surface area contributed by atoms with Crippen LogP contribution in [0.4, 0.5) is 0 Å². The van der Waals surface area contributed by atoms with E-state index in [1.54, 1.807) is 0 Å². The molecule has 0 aliphatic heterocycles. The average molecular weight is 367 g/mol. The van der Waals surface area contributed by atoms with Crippen molar-refractivity contribution in [1.29, 1.82) is 5.26 Å². The van der Waals surface area contributed by atoms with Crippen molar-refractivity contribution < 1.29 is 0 Å². The van der Waals surface area contributed by atoms with Crippen LogP contribution in [0.1, 0.15) is 5.56 Å². The Hall–Kier alpha value is -2.22. The second-order valence-electron chi connectivity index (χ2n) is 4.78. The van der Waals surface area contributed by atoms with E-state index in [4.69, 9.17) is 12.2 Å². The van der Waals surface area contributed by atoms with Crippen LogP contribution in [0.15, 0.2) is 65.1 Å². The van der Waals surface area contributed by atoms with Gasteiger partial charge in [-0.15, -0.1) is 0 Å². The third-order valence-corrected chi connectivity index (χ3v) is 4.21. The molecule has 0 fully saturated rings. The van der Waals surface area contributed by atoms with Gasteiger partial charge in [-0.3, -0.25) is 0 Å². The van der Waals surface area contributed by atoms with Gasteiger partial charge in [-0.1, -0.05) is 70.6 Å². The summed E-state index contributed by atoms with van der Waals surface area (Å²) in [5.41, 5.74) is 4.13. The summed E-state index contributed by atoms with van der Waals surface area (Å²) < 4.78 is 1.57. The minimum absolute atomic E-state index is 0.502. The third-order valence-electron chi connectivity index (χ3n) is 3.36. The zero-order chi connectivity index (χ0) is 15.5. The molecule has 2 aromatic carbocycles. The van der Waals surface area contributed by atoms with Crippen LogP contribution < -0.4 is 0 Å². The van der Waals surface area contributed by atoms with E-state index in [0.717, 1.165) is 27.0 Å². The van der Waals surface area contributed by atoms with Crippen molar-refractivity contribution in [2.75, 3.05) is 0 Å². The molecule has 1 heterocycles. The van der Waals surface area contributed by atoms with Gasteiger partial charge in [0.25, 0.3) is 0 Å². The Kier molecular flexibility index (Phi) is 4.19. The maximum atomic E-state index is 9.42. The molecule has 0 atom stereocenters. The number of hydrogen-bond acceptors (Lipinski definition) is 2. The summed E-state index contributed by atoms with van der Waals surface area (Å²) in [6.45, 7) is 0. The number of benzene rings is 2. The lowest BCUT2D eigenvalue weighted by Gasteiger charge is -2.10. The lowest BCUT2D eigenvalue weighted by molar-refractivity contribution is 1.29. The molecule has 1 N–H and O–H groups in total. The van der Waals surface area contributed by atoms with E-state index in [0.29, 0.717) is 10.1 Å². The molecular formula is C18H11BrN2S. The second kappa shape index (κ2) is 6.27. The van der Waals surface area contributed by atoms with E-state index < -0.39 is 0 Å². The van der Waals surface area contributed by atoms with Crippen LogP contribution in [-0.2, 0) is 0 Å². The highest BCUT2D eigenvalue weighted by Gasteiger charge is 2.10. The minimum Gasteiger partial charge on any atom is -0.353 e. The van der Waals surface area contributed by atoms with Gasteiger partial charge in [-0.25, -0.2) is 0 Å². The summed E-state index contributed by atoms with van der Waals surface area (Å²) in [7, 11) is 0. The Morgan fingerprint density at radius 1 is 0.955 bits per heavy atom. The second-order valence-corrected chi connectivity index (χ2v) is 6.14. The molecule has 0 aliphatic rings. The molecular weight excluding hydrogens is 356 g/mol. The monoisotopic (exact) mass is 366 g/mol. The number of halogens is 1. The highest BCUT2D eigenvalue weighted by atomic mass is 79.9. The number of aromatic nitrogens is 1. The Bertz CT molecular complexity index is 907. The smallest absolute Gasteiger partial charge is 0.103 e. The first-order chi connectivity index (χ1) is 10.7. The zero-order valence-corrected chi connectivity index (χ0v) is 13.9. The Morgan fingerprint density at radius 2 is 1.64 bits per heavy atom. The number of rotatable bonds is 2. The molecule has 0 saturated heterocycles. The Balaban J connectivity index is 2.24. The maximum absolute atomic E-state index is 9.42. The summed E-state index contributed by atoms with van der Waals surface area (Å²) in [6, 6.07) is 21.8. The fourth-order valence-electron chi connectivity index (χ4n) is 2.28. The molecule has 3 aromatic rings. The number of pyridine rings is 1. The molecule has 0 radical (unpaired) electrons. The maximum Gasteiger partial charge on any atom is 0.103 e. The van der Waals surface area contributed by atoms with Crippen LogP contribution in [0.3, 0.4) is 0 Å². The number of H-pyrrole nitrogens is 1. The first kappa shape index (κ1) is 14.7. The molecule has 3 rings (SSSR count). The van der Waals surface area contributed by atoms with Crippen LogP contribution >= 0.6 is 28.1 Å². The van der Waals surface area contributed by atoms with Gasteiger partial charge in [0.2, 0.25) is 0 Å². The van der Waals surface area contributed by atoms with Crippen molar-refractivity contribution in [3.05, 3.63) is 75.2 Å². The average Bonchev–Trinajstić information content (AvgIpc) is 2.55. The van der Waals surface area contributed by atoms with Gasteiger partial charge in [0.15, 0.2) is 0 Å². The molecule has 4 heteroatoms. The molecule has 2 nitrogen and oxygen atoms in total. The van der Waals surface area contributed by atoms with E-state index in [9.17, 15) is 5.26 Å². The number of nitriles is 1. The molecule has 106 valence electrons. The quantitative estimate of drug-likeness (QED) is 0.589. The fourth-order valence-corrected chi connectivity index (χ4v) is 2.81. The molecule has 0 spiro atoms. The van der Waals surface area contributed by atoms with Crippen molar-refractivity contribution in [1.82, 2.24) is 4.98 Å². The summed E-state index contributed by atoms with van der Waals surface area (Å²) in [6.07, 6.45) is 0. The summed E-state index contributed by atoms with van der Waals surface area (Å²) in [5.74, 6) is 0. The first-order valence-electron chi connectivity index (χ1n) is 6.68. The van der Waals surface area contributed by atoms with Gasteiger partial charge in [0.05, 0.1) is 15.8 Å². The molecule has 0 amide bonds. The van der Waals surface area contributed by atoms with E-state index in [2.05, 4.69) is 27.0 Å². The molecule has 0 aliphatic carbocycles. The predicted octanol–water partition coefficient (Wildman–Crippen LogP) is 5.71. The summed E-state index contributed by atoms with van der Waals surface area (Å²) in [4.78, 5) is 3.35. The van der Waals surface area contributed by atoms with E-state index in [-0.39, 0.29) is 0 Å². The third kappa shape index (κ3) is 2.87. The van der Waals surface area contributed by atoms with E-state index in [1.807, 2.05) is 60.7 Å². The molecule has 1 aromatic heterocycles. The SMILES string of the molecule is N#Cc1c(-c2ccccc2)[nH]c(-c2ccc(Br)cc2)cc1=S. The largest absolute Gasteiger partial charge is 0.353 e. The summed E-state index contributed by atoms with van der Waals surface area (Å²) >= 11 is 8.83. The van der Waals surface area contributed by atoms with Crippen LogP contribution in [0, 0.1) is 15.8 Å². The van der Waals surface area contributed by atoms with Crippen molar-refractivity contribution in [3.8, 4) is 28.6 Å². The van der Waals surface area contributed by atoms with Crippen LogP contribution in [-0.4, -0.2) is 4.98 Å². The first-order valence-corrected chi connectivity index (χ1v) is 7.88. The van der Waals surface area contributed by atoms with Crippen molar-refractivity contribution in [3.63, 3.8) is 0 Å². The van der Waals surface area contributed by atoms with Crippen molar-refractivity contribution in [2.45, 2.75) is 0 Å². The fraction of sp³-hybridized carbons (Fsp3) is 0. The van der Waals surface area contributed by atoms with Crippen LogP contribution in [0.2, 0.25) is 0 Å². The standard InChI is InChI=1S/C18H11BrN2S/c19-14-8-6-12(7-9-14)16-10-17(22)15(11-20)18(21-16)13-4-2-1-3-5-13/h1-10H,(H,21,22). The van der Waals surface area contributed by atoms with Crippen molar-refractivity contribution in [2.24, 2.45) is 0 Å². The minimum atomic E-state index is 0.502. The van der Waals surface area contributed by atoms with Gasteiger partial charge in [-0.05, 0) is 29.3 Å². The molecule has 0 saturated carbocycles. The van der Waals surface area contributed by atoms with Crippen molar-refractivity contribution >= 4 is 28.1 Å². The van der Waals surface area contributed by atoms with E-state index >= 15 is 0 Å². The normalized spacial score (nSPS) is 10.2. The van der Waals surface area contributed by atoms with Crippen LogP contribution in [0.5, 0.6) is 0 Å². The number of hydrogen-bond donors (Lipinski definition) is 1. The van der Waals surface area contributed by atoms with Gasteiger partial charge >= 0.3 is 0 Å². The highest BCUT2D eigenvalue weighted by Crippen LogP contribution is 2.27. The Labute approximate surface area is 142 Å². The number of aromatic amines is 1. The van der Waals surface area contributed by atoms with Gasteiger partial charge in [0.1, 0.15) is 6.07 Å². The van der Waals surface area contributed by atoms with Gasteiger partial charge in [0, 0.05) is 10.2 Å². The number of nitrogens with one attached hydrogen (secondary N) is 1. The highest BCUT2D eigenvalue weighted by molar-refractivity contribution is 9.10. The zero-order valence-electron chi connectivity index (χ0n) is 11.5. The lowest BCUT2D eigenvalue weighted by atomic mass is 10.0. The molecule has 0 bridgehead atoms. The number of nitrogens with zero attached hydrogens (tertiary/aromatic N) is 1. The van der Waals surface area contributed by atoms with Gasteiger partial charge in [-0.2, -0.15) is 5.26 Å². The molecule has 22 heavy (non-hydrogen) atoms. The lowest BCUT2D eigenvalue weighted by Crippen LogP contribution is -1.94.